The summed E-state index contributed by atoms with van der Waals surface area (Å²) in [6.45, 7) is 1.03. The van der Waals surface area contributed by atoms with E-state index in [1.54, 1.807) is 0 Å². The molecule has 3 nitrogen and oxygen atoms in total. The predicted octanol–water partition coefficient (Wildman–Crippen LogP) is 0.228. The van der Waals surface area contributed by atoms with E-state index in [2.05, 4.69) is 5.32 Å². The fraction of sp³-hybridized carbons (Fsp3) is 1.00. The first-order valence-corrected chi connectivity index (χ1v) is 7.02. The Morgan fingerprint density at radius 3 is 2.42 bits per heavy atom. The van der Waals surface area contributed by atoms with Gasteiger partial charge in [0, 0.05) is 12.3 Å². The highest BCUT2D eigenvalue weighted by molar-refractivity contribution is 8.01. The second-order valence-corrected chi connectivity index (χ2v) is 7.20. The van der Waals surface area contributed by atoms with Crippen LogP contribution in [0.3, 0.4) is 0 Å². The molecule has 0 aromatic carbocycles. The van der Waals surface area contributed by atoms with Crippen molar-refractivity contribution in [3.63, 3.8) is 0 Å². The standard InChI is InChI=1S/C7H13NO2S2/c9-12(10)5-1-7(2-6-12)8-3-4-11-7/h8H,1-6H2. The zero-order chi connectivity index (χ0) is 8.66. The molecule has 0 unspecified atom stereocenters. The fourth-order valence-corrected chi connectivity index (χ4v) is 4.84. The van der Waals surface area contributed by atoms with E-state index < -0.39 is 9.84 Å². The van der Waals surface area contributed by atoms with Crippen molar-refractivity contribution in [3.05, 3.63) is 0 Å². The van der Waals surface area contributed by atoms with Crippen molar-refractivity contribution in [3.8, 4) is 0 Å². The Morgan fingerprint density at radius 1 is 1.25 bits per heavy atom. The number of hydrogen-bond donors (Lipinski definition) is 1. The second kappa shape index (κ2) is 2.89. The molecule has 0 aromatic heterocycles. The van der Waals surface area contributed by atoms with E-state index in [-0.39, 0.29) is 4.87 Å². The third-order valence-corrected chi connectivity index (χ3v) is 5.73. The molecule has 1 spiro atoms. The van der Waals surface area contributed by atoms with Crippen molar-refractivity contribution in [1.29, 1.82) is 0 Å². The zero-order valence-corrected chi connectivity index (χ0v) is 8.51. The van der Waals surface area contributed by atoms with Gasteiger partial charge in [-0.3, -0.25) is 0 Å². The van der Waals surface area contributed by atoms with E-state index in [9.17, 15) is 8.42 Å². The van der Waals surface area contributed by atoms with Crippen LogP contribution in [0.15, 0.2) is 0 Å². The summed E-state index contributed by atoms with van der Waals surface area (Å²) in [4.78, 5) is 0.116. The van der Waals surface area contributed by atoms with Crippen LogP contribution in [0.25, 0.3) is 0 Å². The van der Waals surface area contributed by atoms with Gasteiger partial charge in [-0.25, -0.2) is 8.42 Å². The minimum Gasteiger partial charge on any atom is -0.302 e. The van der Waals surface area contributed by atoms with Crippen molar-refractivity contribution in [2.24, 2.45) is 0 Å². The number of rotatable bonds is 0. The number of thioether (sulfide) groups is 1. The third kappa shape index (κ3) is 1.63. The molecular formula is C7H13NO2S2. The van der Waals surface area contributed by atoms with Gasteiger partial charge < -0.3 is 5.32 Å². The molecule has 2 saturated heterocycles. The highest BCUT2D eigenvalue weighted by atomic mass is 32.2. The van der Waals surface area contributed by atoms with Crippen LogP contribution in [0, 0.1) is 0 Å². The molecule has 2 fully saturated rings. The van der Waals surface area contributed by atoms with Crippen molar-refractivity contribution < 1.29 is 8.42 Å². The summed E-state index contributed by atoms with van der Waals surface area (Å²) in [5.41, 5.74) is 0. The zero-order valence-electron chi connectivity index (χ0n) is 6.88. The largest absolute Gasteiger partial charge is 0.302 e. The Balaban J connectivity index is 2.06. The Kier molecular flexibility index (Phi) is 2.13. The molecule has 2 aliphatic rings. The molecule has 0 atom stereocenters. The molecule has 2 rings (SSSR count). The van der Waals surface area contributed by atoms with Crippen molar-refractivity contribution in [2.45, 2.75) is 17.7 Å². The molecule has 70 valence electrons. The van der Waals surface area contributed by atoms with Crippen LogP contribution in [0.1, 0.15) is 12.8 Å². The first-order valence-electron chi connectivity index (χ1n) is 4.21. The van der Waals surface area contributed by atoms with Crippen molar-refractivity contribution in [2.75, 3.05) is 23.8 Å². The van der Waals surface area contributed by atoms with Gasteiger partial charge in [0.1, 0.15) is 0 Å². The van der Waals surface area contributed by atoms with E-state index >= 15 is 0 Å². The Bertz CT molecular complexity index is 251. The molecule has 2 heterocycles. The molecule has 0 radical (unpaired) electrons. The monoisotopic (exact) mass is 207 g/mol. The number of sulfone groups is 1. The van der Waals surface area contributed by atoms with Gasteiger partial charge in [-0.05, 0) is 12.8 Å². The maximum absolute atomic E-state index is 11.2. The number of nitrogens with one attached hydrogen (secondary N) is 1. The topological polar surface area (TPSA) is 46.2 Å². The first kappa shape index (κ1) is 8.84. The lowest BCUT2D eigenvalue weighted by molar-refractivity contribution is 0.451. The summed E-state index contributed by atoms with van der Waals surface area (Å²) in [5.74, 6) is 1.86. The summed E-state index contributed by atoms with van der Waals surface area (Å²) < 4.78 is 22.3. The highest BCUT2D eigenvalue weighted by Crippen LogP contribution is 2.37. The van der Waals surface area contributed by atoms with Gasteiger partial charge in [0.05, 0.1) is 16.4 Å². The molecule has 0 amide bonds. The maximum atomic E-state index is 11.2. The molecule has 1 N–H and O–H groups in total. The second-order valence-electron chi connectivity index (χ2n) is 3.42. The molecule has 0 aliphatic carbocycles. The van der Waals surface area contributed by atoms with Crippen LogP contribution in [0.5, 0.6) is 0 Å². The Labute approximate surface area is 77.2 Å². The van der Waals surface area contributed by atoms with Crippen LogP contribution in [-0.4, -0.2) is 37.1 Å². The van der Waals surface area contributed by atoms with Crippen LogP contribution < -0.4 is 5.32 Å². The summed E-state index contributed by atoms with van der Waals surface area (Å²) in [5, 5.41) is 3.41. The Morgan fingerprint density at radius 2 is 1.92 bits per heavy atom. The molecule has 2 aliphatic heterocycles. The quantitative estimate of drug-likeness (QED) is 0.617. The molecule has 12 heavy (non-hydrogen) atoms. The summed E-state index contributed by atoms with van der Waals surface area (Å²) in [7, 11) is -2.70. The lowest BCUT2D eigenvalue weighted by Gasteiger charge is -2.32. The highest BCUT2D eigenvalue weighted by Gasteiger charge is 2.39. The number of hydrogen-bond acceptors (Lipinski definition) is 4. The normalized spacial score (nSPS) is 32.3. The van der Waals surface area contributed by atoms with Crippen LogP contribution in [-0.2, 0) is 9.84 Å². The van der Waals surface area contributed by atoms with E-state index in [0.29, 0.717) is 11.5 Å². The average molecular weight is 207 g/mol. The van der Waals surface area contributed by atoms with Gasteiger partial charge in [-0.2, -0.15) is 0 Å². The van der Waals surface area contributed by atoms with Crippen LogP contribution in [0.2, 0.25) is 0 Å². The molecular weight excluding hydrogens is 194 g/mol. The SMILES string of the molecule is O=S1(=O)CCC2(CC1)NCCS2. The van der Waals surface area contributed by atoms with E-state index in [1.807, 2.05) is 11.8 Å². The summed E-state index contributed by atoms with van der Waals surface area (Å²) >= 11 is 1.89. The molecule has 5 heteroatoms. The van der Waals surface area contributed by atoms with Crippen molar-refractivity contribution in [1.82, 2.24) is 5.32 Å². The first-order chi connectivity index (χ1) is 5.62. The molecule has 0 aromatic rings. The maximum Gasteiger partial charge on any atom is 0.150 e. The third-order valence-electron chi connectivity index (χ3n) is 2.56. The lowest BCUT2D eigenvalue weighted by Crippen LogP contribution is -2.44. The molecule has 0 saturated carbocycles. The smallest absolute Gasteiger partial charge is 0.150 e. The minimum atomic E-state index is -2.70. The average Bonchev–Trinajstić information content (AvgIpc) is 2.46. The Hall–Kier alpha value is 0.260. The van der Waals surface area contributed by atoms with Crippen LogP contribution in [0.4, 0.5) is 0 Å². The summed E-state index contributed by atoms with van der Waals surface area (Å²) in [6.07, 6.45) is 1.58. The minimum absolute atomic E-state index is 0.116. The fourth-order valence-electron chi connectivity index (χ4n) is 1.77. The predicted molar refractivity (Wildman–Crippen MR) is 51.1 cm³/mol. The van der Waals surface area contributed by atoms with E-state index in [0.717, 1.165) is 25.1 Å². The van der Waals surface area contributed by atoms with Gasteiger partial charge in [-0.15, -0.1) is 11.8 Å². The summed E-state index contributed by atoms with van der Waals surface area (Å²) in [6, 6.07) is 0. The van der Waals surface area contributed by atoms with Crippen LogP contribution >= 0.6 is 11.8 Å². The molecule has 0 bridgehead atoms. The lowest BCUT2D eigenvalue weighted by atomic mass is 10.1. The van der Waals surface area contributed by atoms with E-state index in [1.165, 1.54) is 0 Å². The van der Waals surface area contributed by atoms with Gasteiger partial charge in [0.2, 0.25) is 0 Å². The van der Waals surface area contributed by atoms with Gasteiger partial charge in [0.25, 0.3) is 0 Å². The van der Waals surface area contributed by atoms with Gasteiger partial charge in [-0.1, -0.05) is 0 Å². The van der Waals surface area contributed by atoms with Gasteiger partial charge in [0.15, 0.2) is 9.84 Å². The van der Waals surface area contributed by atoms with E-state index in [4.69, 9.17) is 0 Å². The van der Waals surface area contributed by atoms with Gasteiger partial charge >= 0.3 is 0 Å². The van der Waals surface area contributed by atoms with Crippen molar-refractivity contribution >= 4 is 21.6 Å².